The number of ether oxygens (including phenoxy) is 2. The second-order valence-electron chi connectivity index (χ2n) is 4.97. The van der Waals surface area contributed by atoms with Gasteiger partial charge in [0, 0.05) is 16.5 Å². The van der Waals surface area contributed by atoms with Crippen LogP contribution in [-0.4, -0.2) is 14.2 Å². The number of methoxy groups -OCH3 is 2. The van der Waals surface area contributed by atoms with Crippen molar-refractivity contribution in [2.75, 3.05) is 14.2 Å². The van der Waals surface area contributed by atoms with E-state index in [-0.39, 0.29) is 10.6 Å². The summed E-state index contributed by atoms with van der Waals surface area (Å²) < 4.78 is 24.7. The average molecular weight is 347 g/mol. The van der Waals surface area contributed by atoms with Crippen LogP contribution >= 0.6 is 15.9 Å². The van der Waals surface area contributed by atoms with Gasteiger partial charge < -0.3 is 9.47 Å². The van der Waals surface area contributed by atoms with Crippen LogP contribution in [0.25, 0.3) is 0 Å². The van der Waals surface area contributed by atoms with Gasteiger partial charge in [-0.25, -0.2) is 4.39 Å². The van der Waals surface area contributed by atoms with Crippen LogP contribution in [-0.2, 0) is 0 Å². The van der Waals surface area contributed by atoms with Crippen molar-refractivity contribution in [1.29, 1.82) is 0 Å². The Morgan fingerprint density at radius 1 is 1.05 bits per heavy atom. The van der Waals surface area contributed by atoms with E-state index >= 15 is 0 Å². The first kappa shape index (κ1) is 17.3. The summed E-state index contributed by atoms with van der Waals surface area (Å²) in [7, 11) is 3.08. The summed E-state index contributed by atoms with van der Waals surface area (Å²) in [5.74, 6) is 1.18. The smallest absolute Gasteiger partial charge is 0.163 e. The number of rotatable bonds is 8. The summed E-state index contributed by atoms with van der Waals surface area (Å²) in [6.07, 6.45) is 4.36. The maximum absolute atomic E-state index is 14.3. The van der Waals surface area contributed by atoms with Crippen molar-refractivity contribution in [2.24, 2.45) is 5.92 Å². The molecule has 0 radical (unpaired) electrons. The predicted molar refractivity (Wildman–Crippen MR) is 84.5 cm³/mol. The number of halogens is 2. The molecule has 0 aliphatic heterocycles. The number of benzene rings is 1. The zero-order chi connectivity index (χ0) is 15.1. The van der Waals surface area contributed by atoms with Crippen molar-refractivity contribution in [1.82, 2.24) is 0 Å². The van der Waals surface area contributed by atoms with E-state index in [1.54, 1.807) is 13.2 Å². The maximum Gasteiger partial charge on any atom is 0.163 e. The first-order valence-corrected chi connectivity index (χ1v) is 8.06. The van der Waals surface area contributed by atoms with E-state index in [1.807, 2.05) is 0 Å². The van der Waals surface area contributed by atoms with Crippen LogP contribution < -0.4 is 9.47 Å². The SMILES string of the molecule is CCCC(CCC)C(Br)c1cc(OC)c(OC)cc1F. The summed E-state index contributed by atoms with van der Waals surface area (Å²) in [6.45, 7) is 4.32. The van der Waals surface area contributed by atoms with Crippen LogP contribution in [0.1, 0.15) is 49.9 Å². The Morgan fingerprint density at radius 3 is 2.00 bits per heavy atom. The lowest BCUT2D eigenvalue weighted by Crippen LogP contribution is -2.10. The van der Waals surface area contributed by atoms with Crippen molar-refractivity contribution in [3.05, 3.63) is 23.5 Å². The molecule has 114 valence electrons. The van der Waals surface area contributed by atoms with Crippen LogP contribution in [0.2, 0.25) is 0 Å². The molecule has 4 heteroatoms. The maximum atomic E-state index is 14.3. The van der Waals surface area contributed by atoms with Gasteiger partial charge in [0.1, 0.15) is 5.82 Å². The summed E-state index contributed by atoms with van der Waals surface area (Å²) >= 11 is 3.68. The van der Waals surface area contributed by atoms with E-state index in [4.69, 9.17) is 9.47 Å². The molecule has 0 aliphatic rings. The minimum absolute atomic E-state index is 0.00204. The number of alkyl halides is 1. The molecule has 0 N–H and O–H groups in total. The summed E-state index contributed by atoms with van der Waals surface area (Å²) in [5, 5.41) is 0. The molecule has 1 unspecified atom stereocenters. The van der Waals surface area contributed by atoms with E-state index in [9.17, 15) is 4.39 Å². The normalized spacial score (nSPS) is 12.6. The summed E-state index contributed by atoms with van der Waals surface area (Å²) in [6, 6.07) is 3.14. The molecule has 1 aromatic rings. The van der Waals surface area contributed by atoms with Crippen LogP contribution in [0.15, 0.2) is 12.1 Å². The molecule has 0 amide bonds. The minimum Gasteiger partial charge on any atom is -0.493 e. The Bertz CT molecular complexity index is 417. The molecule has 1 rings (SSSR count). The highest BCUT2D eigenvalue weighted by molar-refractivity contribution is 9.09. The topological polar surface area (TPSA) is 18.5 Å². The van der Waals surface area contributed by atoms with Gasteiger partial charge in [0.05, 0.1) is 14.2 Å². The Balaban J connectivity index is 3.09. The molecular formula is C16H24BrFO2. The molecule has 0 fully saturated rings. The fourth-order valence-corrected chi connectivity index (χ4v) is 3.39. The highest BCUT2D eigenvalue weighted by atomic mass is 79.9. The number of hydrogen-bond acceptors (Lipinski definition) is 2. The Labute approximate surface area is 129 Å². The van der Waals surface area contributed by atoms with E-state index in [2.05, 4.69) is 29.8 Å². The van der Waals surface area contributed by atoms with E-state index < -0.39 is 0 Å². The molecule has 0 aliphatic carbocycles. The quantitative estimate of drug-likeness (QED) is 0.579. The lowest BCUT2D eigenvalue weighted by atomic mass is 9.90. The largest absolute Gasteiger partial charge is 0.493 e. The van der Waals surface area contributed by atoms with Crippen molar-refractivity contribution in [2.45, 2.75) is 44.4 Å². The van der Waals surface area contributed by atoms with Crippen molar-refractivity contribution < 1.29 is 13.9 Å². The molecule has 0 aromatic heterocycles. The van der Waals surface area contributed by atoms with Crippen molar-refractivity contribution >= 4 is 15.9 Å². The molecule has 2 nitrogen and oxygen atoms in total. The minimum atomic E-state index is -0.248. The molecule has 0 spiro atoms. The third kappa shape index (κ3) is 4.11. The Morgan fingerprint density at radius 2 is 1.55 bits per heavy atom. The molecule has 0 heterocycles. The lowest BCUT2D eigenvalue weighted by molar-refractivity contribution is 0.350. The third-order valence-electron chi connectivity index (χ3n) is 3.53. The predicted octanol–water partition coefficient (Wildman–Crippen LogP) is 5.50. The molecule has 1 aromatic carbocycles. The monoisotopic (exact) mass is 346 g/mol. The first-order valence-electron chi connectivity index (χ1n) is 7.14. The highest BCUT2D eigenvalue weighted by Gasteiger charge is 2.24. The zero-order valence-electron chi connectivity index (χ0n) is 12.7. The molecular weight excluding hydrogens is 323 g/mol. The fourth-order valence-electron chi connectivity index (χ4n) is 2.51. The van der Waals surface area contributed by atoms with Gasteiger partial charge in [0.2, 0.25) is 0 Å². The van der Waals surface area contributed by atoms with Gasteiger partial charge in [-0.15, -0.1) is 0 Å². The third-order valence-corrected chi connectivity index (χ3v) is 4.77. The summed E-state index contributed by atoms with van der Waals surface area (Å²) in [4.78, 5) is 0.00204. The molecule has 20 heavy (non-hydrogen) atoms. The highest BCUT2D eigenvalue weighted by Crippen LogP contribution is 2.41. The fraction of sp³-hybridized carbons (Fsp3) is 0.625. The van der Waals surface area contributed by atoms with Gasteiger partial charge >= 0.3 is 0 Å². The van der Waals surface area contributed by atoms with Gasteiger partial charge in [-0.05, 0) is 24.8 Å². The van der Waals surface area contributed by atoms with Crippen LogP contribution in [0.3, 0.4) is 0 Å². The van der Waals surface area contributed by atoms with Gasteiger partial charge in [0.25, 0.3) is 0 Å². The summed E-state index contributed by atoms with van der Waals surface area (Å²) in [5.41, 5.74) is 0.648. The standard InChI is InChI=1S/C16H24BrFO2/c1-5-7-11(8-6-2)16(17)12-9-14(19-3)15(20-4)10-13(12)18/h9-11,16H,5-8H2,1-4H3. The van der Waals surface area contributed by atoms with Crippen LogP contribution in [0, 0.1) is 11.7 Å². The van der Waals surface area contributed by atoms with E-state index in [0.29, 0.717) is 23.0 Å². The van der Waals surface area contributed by atoms with Crippen molar-refractivity contribution in [3.63, 3.8) is 0 Å². The average Bonchev–Trinajstić information content (AvgIpc) is 2.46. The first-order chi connectivity index (χ1) is 9.58. The van der Waals surface area contributed by atoms with E-state index in [0.717, 1.165) is 25.7 Å². The lowest BCUT2D eigenvalue weighted by Gasteiger charge is -2.23. The molecule has 0 bridgehead atoms. The molecule has 0 saturated carbocycles. The van der Waals surface area contributed by atoms with Crippen LogP contribution in [0.5, 0.6) is 11.5 Å². The Kier molecular flexibility index (Phi) is 7.35. The van der Waals surface area contributed by atoms with Gasteiger partial charge in [-0.3, -0.25) is 0 Å². The van der Waals surface area contributed by atoms with E-state index in [1.165, 1.54) is 13.2 Å². The van der Waals surface area contributed by atoms with Gasteiger partial charge in [-0.1, -0.05) is 42.6 Å². The van der Waals surface area contributed by atoms with Gasteiger partial charge in [0.15, 0.2) is 11.5 Å². The number of hydrogen-bond donors (Lipinski definition) is 0. The second-order valence-corrected chi connectivity index (χ2v) is 5.95. The Hall–Kier alpha value is -0.770. The van der Waals surface area contributed by atoms with Crippen molar-refractivity contribution in [3.8, 4) is 11.5 Å². The molecule has 0 saturated heterocycles. The zero-order valence-corrected chi connectivity index (χ0v) is 14.3. The van der Waals surface area contributed by atoms with Gasteiger partial charge in [-0.2, -0.15) is 0 Å². The molecule has 1 atom stereocenters. The second kappa shape index (κ2) is 8.50. The van der Waals surface area contributed by atoms with Crippen LogP contribution in [0.4, 0.5) is 4.39 Å².